The van der Waals surface area contributed by atoms with Gasteiger partial charge in [-0.25, -0.2) is 26.4 Å². The summed E-state index contributed by atoms with van der Waals surface area (Å²) in [5.41, 5.74) is 2.42. The number of piperidine rings is 1. The molecule has 0 bridgehead atoms. The first-order chi connectivity index (χ1) is 31.8. The fourth-order valence-electron chi connectivity index (χ4n) is 7.45. The van der Waals surface area contributed by atoms with Gasteiger partial charge in [-0.05, 0) is 77.1 Å². The van der Waals surface area contributed by atoms with Crippen molar-refractivity contribution in [2.75, 3.05) is 51.4 Å². The van der Waals surface area contributed by atoms with Crippen molar-refractivity contribution >= 4 is 40.1 Å². The van der Waals surface area contributed by atoms with E-state index in [0.717, 1.165) is 5.56 Å². The van der Waals surface area contributed by atoms with Gasteiger partial charge in [0.25, 0.3) is 0 Å². The number of tetrazole rings is 1. The zero-order valence-electron chi connectivity index (χ0n) is 38.8. The lowest BCUT2D eigenvalue weighted by molar-refractivity contribution is 0.0159. The van der Waals surface area contributed by atoms with Crippen LogP contribution in [0.2, 0.25) is 18.1 Å². The lowest BCUT2D eigenvalue weighted by Gasteiger charge is -2.39. The van der Waals surface area contributed by atoms with Gasteiger partial charge in [0.05, 0.1) is 44.6 Å². The summed E-state index contributed by atoms with van der Waals surface area (Å²) < 4.78 is 83.6. The molecule has 362 valence electrons. The summed E-state index contributed by atoms with van der Waals surface area (Å²) in [5.74, 6) is 0.529. The predicted octanol–water partition coefficient (Wildman–Crippen LogP) is 5.70. The number of sulfonamides is 2. The third-order valence-electron chi connectivity index (χ3n) is 12.0. The number of carbonyl (C=O) groups is 1. The molecule has 2 heterocycles. The minimum atomic E-state index is -4.85. The quantitative estimate of drug-likeness (QED) is 0.0611. The maximum Gasteiger partial charge on any atom is 0.404 e. The molecule has 0 radical (unpaired) electrons. The summed E-state index contributed by atoms with van der Waals surface area (Å²) in [7, 11) is -10.7. The van der Waals surface area contributed by atoms with Crippen molar-refractivity contribution in [3.8, 4) is 17.1 Å². The molecule has 1 aromatic heterocycles. The van der Waals surface area contributed by atoms with Crippen molar-refractivity contribution < 1.29 is 45.7 Å². The Morgan fingerprint density at radius 3 is 2.04 bits per heavy atom. The molecule has 67 heavy (non-hydrogen) atoms. The lowest BCUT2D eigenvalue weighted by atomic mass is 10.0. The number of amides is 1. The second-order valence-electron chi connectivity index (χ2n) is 17.8. The molecule has 18 nitrogen and oxygen atoms in total. The van der Waals surface area contributed by atoms with Crippen LogP contribution in [0.5, 0.6) is 5.75 Å². The molecule has 1 saturated heterocycles. The van der Waals surface area contributed by atoms with Gasteiger partial charge in [-0.15, -0.1) is 10.2 Å². The number of anilines is 1. The number of rotatable bonds is 22. The minimum absolute atomic E-state index is 0.0636. The number of nitrogens with zero attached hydrogens (tertiary/aromatic N) is 6. The Kier molecular flexibility index (Phi) is 17.0. The molecule has 6 rings (SSSR count). The van der Waals surface area contributed by atoms with E-state index in [4.69, 9.17) is 19.0 Å². The maximum absolute atomic E-state index is 16.0. The van der Waals surface area contributed by atoms with Gasteiger partial charge in [-0.1, -0.05) is 93.6 Å². The van der Waals surface area contributed by atoms with E-state index in [9.17, 15) is 15.0 Å². The van der Waals surface area contributed by atoms with Gasteiger partial charge >= 0.3 is 6.09 Å². The number of ether oxygens (including phenoxy) is 2. The lowest BCUT2D eigenvalue weighted by Crippen LogP contribution is -2.50. The van der Waals surface area contributed by atoms with Gasteiger partial charge in [-0.3, -0.25) is 0 Å². The van der Waals surface area contributed by atoms with Crippen molar-refractivity contribution in [2.45, 2.75) is 93.4 Å². The highest BCUT2D eigenvalue weighted by molar-refractivity contribution is 7.92. The number of hydrogen-bond acceptors (Lipinski definition) is 13. The Balaban J connectivity index is 1.55. The molecule has 1 atom stereocenters. The third kappa shape index (κ3) is 13.3. The second-order valence-corrected chi connectivity index (χ2v) is 26.2. The standard InChI is InChI=1S/C46H62N8O10S2Si/c1-46(2,3)67(5,6)64-39(29-47-45(56)57)30-48-65(58,59)41-22-21-40(52-25-23-38(24-26-52)63-28-27-55)42(44-49-51-54(50-44)33-36-17-19-37(62-4)20-18-36)43(41)66(60,61)53(31-34-13-9-7-10-14-34)32-35-15-11-8-12-16-35/h7-22,38-39,47-48,55H,23-33H2,1-6H3,(H,56,57). The van der Waals surface area contributed by atoms with Crippen LogP contribution < -0.4 is 19.7 Å². The number of carboxylic acid groups (broad SMARTS) is 1. The summed E-state index contributed by atoms with van der Waals surface area (Å²) >= 11 is 0. The van der Waals surface area contributed by atoms with Crippen molar-refractivity contribution in [3.63, 3.8) is 0 Å². The van der Waals surface area contributed by atoms with Gasteiger partial charge in [0.2, 0.25) is 25.9 Å². The molecule has 1 aliphatic rings. The fraction of sp³-hybridized carbons (Fsp3) is 0.435. The summed E-state index contributed by atoms with van der Waals surface area (Å²) in [6, 6.07) is 28.2. The van der Waals surface area contributed by atoms with E-state index in [-0.39, 0.29) is 68.5 Å². The minimum Gasteiger partial charge on any atom is -0.497 e. The zero-order chi connectivity index (χ0) is 48.4. The molecule has 1 unspecified atom stereocenters. The molecule has 4 N–H and O–H groups in total. The number of aliphatic hydroxyl groups excluding tert-OH is 1. The molecular weight excluding hydrogens is 917 g/mol. The number of aromatic nitrogens is 4. The molecule has 21 heteroatoms. The second kappa shape index (κ2) is 22.2. The van der Waals surface area contributed by atoms with Crippen LogP contribution in [0.4, 0.5) is 10.5 Å². The van der Waals surface area contributed by atoms with Crippen LogP contribution in [0.15, 0.2) is 107 Å². The van der Waals surface area contributed by atoms with Crippen molar-refractivity contribution in [1.29, 1.82) is 0 Å². The molecular formula is C46H62N8O10S2Si. The first-order valence-electron chi connectivity index (χ1n) is 22.1. The number of hydrogen-bond donors (Lipinski definition) is 4. The van der Waals surface area contributed by atoms with Crippen LogP contribution in [-0.4, -0.2) is 125 Å². The molecule has 1 fully saturated rings. The van der Waals surface area contributed by atoms with Crippen molar-refractivity contribution in [3.05, 3.63) is 114 Å². The molecule has 5 aromatic rings. The molecule has 0 spiro atoms. The molecule has 0 saturated carbocycles. The average Bonchev–Trinajstić information content (AvgIpc) is 3.77. The highest BCUT2D eigenvalue weighted by atomic mass is 32.2. The van der Waals surface area contributed by atoms with Gasteiger partial charge in [0, 0.05) is 45.0 Å². The summed E-state index contributed by atoms with van der Waals surface area (Å²) in [5, 5.41) is 34.5. The van der Waals surface area contributed by atoms with E-state index in [1.165, 1.54) is 15.2 Å². The van der Waals surface area contributed by atoms with Gasteiger partial charge < -0.3 is 34.3 Å². The Morgan fingerprint density at radius 1 is 0.881 bits per heavy atom. The number of benzene rings is 4. The van der Waals surface area contributed by atoms with Crippen molar-refractivity contribution in [2.24, 2.45) is 0 Å². The Hall–Kier alpha value is -5.26. The molecule has 1 aliphatic heterocycles. The Bertz CT molecular complexity index is 2580. The summed E-state index contributed by atoms with van der Waals surface area (Å²) in [4.78, 5) is 13.8. The van der Waals surface area contributed by atoms with Crippen LogP contribution in [-0.2, 0) is 48.8 Å². The van der Waals surface area contributed by atoms with Crippen molar-refractivity contribution in [1.82, 2.24) is 34.6 Å². The fourth-order valence-corrected chi connectivity index (χ4v) is 12.3. The van der Waals surface area contributed by atoms with Crippen LogP contribution >= 0.6 is 0 Å². The summed E-state index contributed by atoms with van der Waals surface area (Å²) in [6.45, 7) is 10.1. The topological polar surface area (TPSA) is 228 Å². The highest BCUT2D eigenvalue weighted by Crippen LogP contribution is 2.42. The largest absolute Gasteiger partial charge is 0.497 e. The first-order valence-corrected chi connectivity index (χ1v) is 27.9. The van der Waals surface area contributed by atoms with E-state index in [2.05, 4.69) is 20.4 Å². The number of nitrogens with one attached hydrogen (secondary N) is 2. The van der Waals surface area contributed by atoms with Crippen LogP contribution in [0, 0.1) is 0 Å². The normalized spacial score (nSPS) is 14.6. The van der Waals surface area contributed by atoms with Crippen LogP contribution in [0.25, 0.3) is 11.4 Å². The third-order valence-corrected chi connectivity index (χ3v) is 20.0. The maximum atomic E-state index is 16.0. The van der Waals surface area contributed by atoms with E-state index in [1.54, 1.807) is 73.8 Å². The SMILES string of the molecule is COc1ccc(Cn2nnc(-c3c(N4CCC(OCCO)CC4)ccc(S(=O)(=O)NCC(CNC(=O)O)O[Si](C)(C)C(C)(C)C)c3S(=O)(=O)N(Cc3ccccc3)Cc3ccccc3)n2)cc1. The monoisotopic (exact) mass is 978 g/mol. The van der Waals surface area contributed by atoms with Crippen LogP contribution in [0.1, 0.15) is 50.3 Å². The van der Waals surface area contributed by atoms with E-state index in [1.807, 2.05) is 63.0 Å². The van der Waals surface area contributed by atoms with E-state index in [0.29, 0.717) is 48.5 Å². The van der Waals surface area contributed by atoms with Gasteiger partial charge in [0.1, 0.15) is 15.5 Å². The molecule has 0 aliphatic carbocycles. The molecule has 1 amide bonds. The average molecular weight is 979 g/mol. The predicted molar refractivity (Wildman–Crippen MR) is 256 cm³/mol. The van der Waals surface area contributed by atoms with Crippen LogP contribution in [0.3, 0.4) is 0 Å². The molecule has 4 aromatic carbocycles. The zero-order valence-corrected chi connectivity index (χ0v) is 41.5. The van der Waals surface area contributed by atoms with E-state index >= 15 is 16.8 Å². The Labute approximate surface area is 394 Å². The van der Waals surface area contributed by atoms with Gasteiger partial charge in [-0.2, -0.15) is 9.10 Å². The highest BCUT2D eigenvalue weighted by Gasteiger charge is 2.41. The number of methoxy groups -OCH3 is 1. The first kappa shape index (κ1) is 51.1. The van der Waals surface area contributed by atoms with E-state index < -0.39 is 50.4 Å². The Morgan fingerprint density at radius 2 is 1.49 bits per heavy atom. The van der Waals surface area contributed by atoms with Gasteiger partial charge in [0.15, 0.2) is 8.32 Å². The number of aliphatic hydroxyl groups is 1. The smallest absolute Gasteiger partial charge is 0.404 e. The summed E-state index contributed by atoms with van der Waals surface area (Å²) in [6.07, 6.45) is -1.35.